The molecule has 0 unspecified atom stereocenters. The molecule has 2 amide bonds. The third-order valence-electron chi connectivity index (χ3n) is 4.25. The lowest BCUT2D eigenvalue weighted by molar-refractivity contribution is -0.118. The zero-order valence-corrected chi connectivity index (χ0v) is 14.1. The zero-order chi connectivity index (χ0) is 17.9. The number of carbonyl (C=O) groups excluding carboxylic acids is 2. The Hall–Kier alpha value is -3.22. The van der Waals surface area contributed by atoms with Gasteiger partial charge in [0.15, 0.2) is 18.1 Å². The summed E-state index contributed by atoms with van der Waals surface area (Å²) in [5, 5.41) is 2.75. The number of hydrogen-bond acceptors (Lipinski definition) is 5. The summed E-state index contributed by atoms with van der Waals surface area (Å²) < 4.78 is 16.0. The quantitative estimate of drug-likeness (QED) is 0.893. The van der Waals surface area contributed by atoms with E-state index in [2.05, 4.69) is 5.32 Å². The van der Waals surface area contributed by atoms with Crippen molar-refractivity contribution in [3.8, 4) is 17.2 Å². The second-order valence-corrected chi connectivity index (χ2v) is 6.05. The van der Waals surface area contributed by atoms with Crippen LogP contribution in [0.25, 0.3) is 0 Å². The van der Waals surface area contributed by atoms with Gasteiger partial charge in [0.1, 0.15) is 5.75 Å². The van der Waals surface area contributed by atoms with E-state index in [-0.39, 0.29) is 25.2 Å². The van der Waals surface area contributed by atoms with Crippen LogP contribution in [0, 0.1) is 0 Å². The Morgan fingerprint density at radius 3 is 2.69 bits per heavy atom. The van der Waals surface area contributed by atoms with Crippen molar-refractivity contribution in [2.45, 2.75) is 12.8 Å². The van der Waals surface area contributed by atoms with Crippen LogP contribution >= 0.6 is 0 Å². The predicted molar refractivity (Wildman–Crippen MR) is 94.7 cm³/mol. The molecule has 2 aromatic carbocycles. The van der Waals surface area contributed by atoms with Crippen LogP contribution in [-0.2, 0) is 9.59 Å². The van der Waals surface area contributed by atoms with Gasteiger partial charge in [0, 0.05) is 30.4 Å². The highest BCUT2D eigenvalue weighted by atomic mass is 16.7. The first-order chi connectivity index (χ1) is 12.7. The van der Waals surface area contributed by atoms with Crippen LogP contribution in [0.2, 0.25) is 0 Å². The highest BCUT2D eigenvalue weighted by Gasteiger charge is 2.21. The first-order valence-corrected chi connectivity index (χ1v) is 8.42. The molecule has 2 aromatic rings. The normalized spacial score (nSPS) is 15.2. The first kappa shape index (κ1) is 16.3. The van der Waals surface area contributed by atoms with Crippen LogP contribution in [0.3, 0.4) is 0 Å². The van der Waals surface area contributed by atoms with Crippen LogP contribution in [0.4, 0.5) is 11.4 Å². The van der Waals surface area contributed by atoms with E-state index in [0.717, 1.165) is 18.7 Å². The fourth-order valence-electron chi connectivity index (χ4n) is 2.96. The Morgan fingerprint density at radius 1 is 1.12 bits per heavy atom. The number of hydrogen-bond donors (Lipinski definition) is 1. The second-order valence-electron chi connectivity index (χ2n) is 6.05. The molecule has 134 valence electrons. The molecule has 2 aliphatic heterocycles. The molecule has 0 aromatic heterocycles. The van der Waals surface area contributed by atoms with Gasteiger partial charge in [0.25, 0.3) is 5.91 Å². The minimum absolute atomic E-state index is 0.115. The maximum absolute atomic E-state index is 12.0. The molecule has 0 radical (unpaired) electrons. The number of rotatable bonds is 5. The summed E-state index contributed by atoms with van der Waals surface area (Å²) in [4.78, 5) is 25.5. The molecule has 1 saturated heterocycles. The highest BCUT2D eigenvalue weighted by Crippen LogP contribution is 2.34. The highest BCUT2D eigenvalue weighted by molar-refractivity contribution is 5.95. The van der Waals surface area contributed by atoms with Crippen molar-refractivity contribution in [2.24, 2.45) is 0 Å². The van der Waals surface area contributed by atoms with Crippen molar-refractivity contribution < 1.29 is 23.8 Å². The van der Waals surface area contributed by atoms with Crippen LogP contribution < -0.4 is 24.4 Å². The van der Waals surface area contributed by atoms with Gasteiger partial charge in [-0.05, 0) is 42.8 Å². The van der Waals surface area contributed by atoms with Crippen molar-refractivity contribution >= 4 is 23.2 Å². The zero-order valence-electron chi connectivity index (χ0n) is 14.1. The van der Waals surface area contributed by atoms with Gasteiger partial charge in [0.2, 0.25) is 12.7 Å². The van der Waals surface area contributed by atoms with Crippen LogP contribution in [0.15, 0.2) is 42.5 Å². The maximum Gasteiger partial charge on any atom is 0.262 e. The Balaban J connectivity index is 1.31. The van der Waals surface area contributed by atoms with Gasteiger partial charge in [-0.25, -0.2) is 0 Å². The number of nitrogens with zero attached hydrogens (tertiary/aromatic N) is 1. The van der Waals surface area contributed by atoms with Crippen LogP contribution in [0.1, 0.15) is 12.8 Å². The Bertz CT molecular complexity index is 834. The van der Waals surface area contributed by atoms with Gasteiger partial charge in [-0.1, -0.05) is 0 Å². The van der Waals surface area contributed by atoms with E-state index in [1.807, 2.05) is 12.1 Å². The number of ether oxygens (including phenoxy) is 3. The van der Waals surface area contributed by atoms with E-state index in [4.69, 9.17) is 14.2 Å². The minimum Gasteiger partial charge on any atom is -0.484 e. The average Bonchev–Trinajstić information content (AvgIpc) is 3.29. The standard InChI is InChI=1S/C19H18N2O5/c22-18(20-13-3-8-16-17(10-13)26-12-25-16)11-24-15-6-4-14(5-7-15)21-9-1-2-19(21)23/h3-8,10H,1-2,9,11-12H2,(H,20,22). The smallest absolute Gasteiger partial charge is 0.262 e. The summed E-state index contributed by atoms with van der Waals surface area (Å²) >= 11 is 0. The van der Waals surface area contributed by atoms with Gasteiger partial charge >= 0.3 is 0 Å². The van der Waals surface area contributed by atoms with Gasteiger partial charge in [-0.2, -0.15) is 0 Å². The molecular weight excluding hydrogens is 336 g/mol. The Morgan fingerprint density at radius 2 is 1.92 bits per heavy atom. The number of nitrogens with one attached hydrogen (secondary N) is 1. The van der Waals surface area contributed by atoms with E-state index < -0.39 is 0 Å². The average molecular weight is 354 g/mol. The van der Waals surface area contributed by atoms with Gasteiger partial charge < -0.3 is 24.4 Å². The van der Waals surface area contributed by atoms with Gasteiger partial charge in [-0.15, -0.1) is 0 Å². The topological polar surface area (TPSA) is 77.1 Å². The summed E-state index contributed by atoms with van der Waals surface area (Å²) in [6.07, 6.45) is 1.48. The lowest BCUT2D eigenvalue weighted by Gasteiger charge is -2.16. The number of fused-ring (bicyclic) bond motifs is 1. The third kappa shape index (κ3) is 3.42. The number of benzene rings is 2. The van der Waals surface area contributed by atoms with Crippen molar-refractivity contribution in [2.75, 3.05) is 30.2 Å². The van der Waals surface area contributed by atoms with Crippen LogP contribution in [-0.4, -0.2) is 31.8 Å². The number of carbonyl (C=O) groups is 2. The number of amides is 2. The molecule has 0 aliphatic carbocycles. The maximum atomic E-state index is 12.0. The van der Waals surface area contributed by atoms with E-state index in [0.29, 0.717) is 29.4 Å². The van der Waals surface area contributed by atoms with Gasteiger partial charge in [0.05, 0.1) is 0 Å². The first-order valence-electron chi connectivity index (χ1n) is 8.42. The largest absolute Gasteiger partial charge is 0.484 e. The van der Waals surface area contributed by atoms with Crippen LogP contribution in [0.5, 0.6) is 17.2 Å². The summed E-state index contributed by atoms with van der Waals surface area (Å²) in [6, 6.07) is 12.4. The lowest BCUT2D eigenvalue weighted by atomic mass is 10.2. The molecule has 1 fully saturated rings. The Labute approximate surface area is 150 Å². The lowest BCUT2D eigenvalue weighted by Crippen LogP contribution is -2.23. The molecule has 7 nitrogen and oxygen atoms in total. The van der Waals surface area contributed by atoms with E-state index >= 15 is 0 Å². The second kappa shape index (κ2) is 6.95. The molecule has 7 heteroatoms. The van der Waals surface area contributed by atoms with Gasteiger partial charge in [-0.3, -0.25) is 9.59 Å². The van der Waals surface area contributed by atoms with Crippen molar-refractivity contribution in [3.63, 3.8) is 0 Å². The van der Waals surface area contributed by atoms with E-state index in [1.165, 1.54) is 0 Å². The molecule has 0 bridgehead atoms. The van der Waals surface area contributed by atoms with E-state index in [1.54, 1.807) is 35.2 Å². The summed E-state index contributed by atoms with van der Waals surface area (Å²) in [5.41, 5.74) is 1.47. The Kier molecular flexibility index (Phi) is 4.35. The summed E-state index contributed by atoms with van der Waals surface area (Å²) in [6.45, 7) is 0.822. The minimum atomic E-state index is -0.275. The fourth-order valence-corrected chi connectivity index (χ4v) is 2.96. The third-order valence-corrected chi connectivity index (χ3v) is 4.25. The monoisotopic (exact) mass is 354 g/mol. The van der Waals surface area contributed by atoms with E-state index in [9.17, 15) is 9.59 Å². The SMILES string of the molecule is O=C(COc1ccc(N2CCCC2=O)cc1)Nc1ccc2c(c1)OCO2. The van der Waals surface area contributed by atoms with Crippen molar-refractivity contribution in [1.82, 2.24) is 0 Å². The molecule has 2 aliphatic rings. The molecule has 2 heterocycles. The molecule has 0 atom stereocenters. The molecule has 26 heavy (non-hydrogen) atoms. The number of anilines is 2. The summed E-state index contributed by atoms with van der Waals surface area (Å²) in [5.74, 6) is 1.71. The predicted octanol–water partition coefficient (Wildman–Crippen LogP) is 2.56. The summed E-state index contributed by atoms with van der Waals surface area (Å²) in [7, 11) is 0. The van der Waals surface area contributed by atoms with Crippen molar-refractivity contribution in [1.29, 1.82) is 0 Å². The van der Waals surface area contributed by atoms with Crippen molar-refractivity contribution in [3.05, 3.63) is 42.5 Å². The molecule has 0 saturated carbocycles. The molecule has 4 rings (SSSR count). The molecular formula is C19H18N2O5. The molecule has 1 N–H and O–H groups in total. The fraction of sp³-hybridized carbons (Fsp3) is 0.263. The molecule has 0 spiro atoms.